The van der Waals surface area contributed by atoms with Crippen molar-refractivity contribution >= 4 is 23.1 Å². The van der Waals surface area contributed by atoms with E-state index in [2.05, 4.69) is 31.0 Å². The van der Waals surface area contributed by atoms with Gasteiger partial charge in [-0.15, -0.1) is 10.2 Å². The van der Waals surface area contributed by atoms with E-state index in [1.54, 1.807) is 31.2 Å². The number of hydrogen-bond acceptors (Lipinski definition) is 5. The number of rotatable bonds is 4. The highest BCUT2D eigenvalue weighted by molar-refractivity contribution is 5.89. The highest BCUT2D eigenvalue weighted by Gasteiger charge is 2.24. The summed E-state index contributed by atoms with van der Waals surface area (Å²) in [6.45, 7) is 8.43. The number of nitrogens with zero attached hydrogens (tertiary/aromatic N) is 4. The zero-order valence-corrected chi connectivity index (χ0v) is 15.4. The molecule has 0 unspecified atom stereocenters. The molecule has 2 aromatic heterocycles. The monoisotopic (exact) mass is 350 g/mol. The first-order valence-electron chi connectivity index (χ1n) is 8.56. The van der Waals surface area contributed by atoms with E-state index in [9.17, 15) is 4.79 Å². The summed E-state index contributed by atoms with van der Waals surface area (Å²) >= 11 is 0. The summed E-state index contributed by atoms with van der Waals surface area (Å²) in [5, 5.41) is 8.78. The molecule has 26 heavy (non-hydrogen) atoms. The number of fused-ring (bicyclic) bond motifs is 1. The fraction of sp³-hybridized carbons (Fsp3) is 0.300. The van der Waals surface area contributed by atoms with Crippen LogP contribution in [0.1, 0.15) is 43.7 Å². The number of pyridine rings is 1. The van der Waals surface area contributed by atoms with Crippen molar-refractivity contribution in [1.82, 2.24) is 9.38 Å². The zero-order chi connectivity index (χ0) is 18.7. The summed E-state index contributed by atoms with van der Waals surface area (Å²) in [4.78, 5) is 16.4. The van der Waals surface area contributed by atoms with Gasteiger partial charge in [-0.25, -0.2) is 9.78 Å². The van der Waals surface area contributed by atoms with Crippen molar-refractivity contribution in [2.45, 2.75) is 33.1 Å². The average molecular weight is 350 g/mol. The van der Waals surface area contributed by atoms with Gasteiger partial charge in [0.15, 0.2) is 5.82 Å². The van der Waals surface area contributed by atoms with Crippen LogP contribution < -0.4 is 0 Å². The van der Waals surface area contributed by atoms with Gasteiger partial charge < -0.3 is 4.74 Å². The van der Waals surface area contributed by atoms with Crippen molar-refractivity contribution in [1.29, 1.82) is 0 Å². The minimum absolute atomic E-state index is 0.159. The fourth-order valence-corrected chi connectivity index (χ4v) is 2.57. The molecule has 6 heteroatoms. The molecule has 0 atom stereocenters. The Morgan fingerprint density at radius 2 is 1.85 bits per heavy atom. The molecule has 0 amide bonds. The number of aromatic nitrogens is 2. The van der Waals surface area contributed by atoms with Crippen LogP contribution in [0.15, 0.2) is 58.9 Å². The third-order valence-electron chi connectivity index (χ3n) is 3.85. The number of ether oxygens (including phenoxy) is 1. The standard InChI is InChI=1S/C20H22N4O2/c1-5-26-19(25)14-9-11-15(12-10-14)22-23-18-17(20(2,3)4)21-16-8-6-7-13-24(16)18/h6-13H,5H2,1-4H3. The first-order valence-corrected chi connectivity index (χ1v) is 8.56. The van der Waals surface area contributed by atoms with Gasteiger partial charge in [0.05, 0.1) is 23.6 Å². The maximum atomic E-state index is 11.7. The molecule has 2 heterocycles. The Morgan fingerprint density at radius 3 is 2.50 bits per heavy atom. The van der Waals surface area contributed by atoms with Gasteiger partial charge in [-0.2, -0.15) is 0 Å². The zero-order valence-electron chi connectivity index (χ0n) is 15.4. The minimum Gasteiger partial charge on any atom is -0.462 e. The highest BCUT2D eigenvalue weighted by atomic mass is 16.5. The maximum absolute atomic E-state index is 11.7. The van der Waals surface area contributed by atoms with Gasteiger partial charge in [-0.05, 0) is 43.3 Å². The third-order valence-corrected chi connectivity index (χ3v) is 3.85. The molecule has 0 fully saturated rings. The smallest absolute Gasteiger partial charge is 0.338 e. The van der Waals surface area contributed by atoms with Crippen LogP contribution in [0.5, 0.6) is 0 Å². The van der Waals surface area contributed by atoms with Gasteiger partial charge in [-0.3, -0.25) is 4.40 Å². The second-order valence-corrected chi connectivity index (χ2v) is 6.93. The number of esters is 1. The molecule has 0 aliphatic heterocycles. The van der Waals surface area contributed by atoms with Crippen LogP contribution in [0.25, 0.3) is 5.65 Å². The predicted molar refractivity (Wildman–Crippen MR) is 100 cm³/mol. The van der Waals surface area contributed by atoms with E-state index < -0.39 is 0 Å². The van der Waals surface area contributed by atoms with Crippen LogP contribution in [-0.4, -0.2) is 22.0 Å². The molecule has 0 N–H and O–H groups in total. The van der Waals surface area contributed by atoms with Gasteiger partial charge in [0.25, 0.3) is 0 Å². The lowest BCUT2D eigenvalue weighted by Crippen LogP contribution is -2.11. The summed E-state index contributed by atoms with van der Waals surface area (Å²) in [5.74, 6) is 0.371. The van der Waals surface area contributed by atoms with Crippen LogP contribution in [0.4, 0.5) is 11.5 Å². The molecule has 134 valence electrons. The molecular formula is C20H22N4O2. The maximum Gasteiger partial charge on any atom is 0.338 e. The largest absolute Gasteiger partial charge is 0.462 e. The van der Waals surface area contributed by atoms with E-state index in [1.807, 2.05) is 28.8 Å². The summed E-state index contributed by atoms with van der Waals surface area (Å²) in [6, 6.07) is 12.7. The molecule has 3 rings (SSSR count). The first kappa shape index (κ1) is 17.8. The Morgan fingerprint density at radius 1 is 1.12 bits per heavy atom. The van der Waals surface area contributed by atoms with Crippen molar-refractivity contribution in [3.05, 3.63) is 59.9 Å². The molecule has 0 saturated carbocycles. The Balaban J connectivity index is 1.94. The lowest BCUT2D eigenvalue weighted by Gasteiger charge is -2.15. The van der Waals surface area contributed by atoms with E-state index in [1.165, 1.54) is 0 Å². The van der Waals surface area contributed by atoms with E-state index >= 15 is 0 Å². The lowest BCUT2D eigenvalue weighted by molar-refractivity contribution is 0.0526. The van der Waals surface area contributed by atoms with E-state index in [4.69, 9.17) is 9.72 Å². The van der Waals surface area contributed by atoms with Crippen LogP contribution >= 0.6 is 0 Å². The molecule has 1 aromatic carbocycles. The molecule has 0 radical (unpaired) electrons. The van der Waals surface area contributed by atoms with E-state index in [0.29, 0.717) is 23.7 Å². The van der Waals surface area contributed by atoms with Crippen molar-refractivity contribution < 1.29 is 9.53 Å². The molecule has 6 nitrogen and oxygen atoms in total. The number of hydrogen-bond donors (Lipinski definition) is 0. The number of carbonyl (C=O) groups is 1. The molecule has 0 aliphatic rings. The van der Waals surface area contributed by atoms with E-state index in [0.717, 1.165) is 11.3 Å². The topological polar surface area (TPSA) is 68.3 Å². The molecule has 0 bridgehead atoms. The summed E-state index contributed by atoms with van der Waals surface area (Å²) < 4.78 is 6.91. The number of imidazole rings is 1. The molecule has 0 spiro atoms. The summed E-state index contributed by atoms with van der Waals surface area (Å²) in [5.41, 5.74) is 2.72. The van der Waals surface area contributed by atoms with Crippen molar-refractivity contribution in [2.75, 3.05) is 6.61 Å². The first-order chi connectivity index (χ1) is 12.4. The number of azo groups is 1. The molecule has 0 aliphatic carbocycles. The Kier molecular flexibility index (Phi) is 4.84. The van der Waals surface area contributed by atoms with Crippen molar-refractivity contribution in [3.8, 4) is 0 Å². The quantitative estimate of drug-likeness (QED) is 0.478. The van der Waals surface area contributed by atoms with Gasteiger partial charge >= 0.3 is 5.97 Å². The molecule has 3 aromatic rings. The second-order valence-electron chi connectivity index (χ2n) is 6.93. The van der Waals surface area contributed by atoms with Crippen molar-refractivity contribution in [3.63, 3.8) is 0 Å². The normalized spacial score (nSPS) is 12.0. The predicted octanol–water partition coefficient (Wildman–Crippen LogP) is 5.22. The van der Waals surface area contributed by atoms with Crippen molar-refractivity contribution in [2.24, 2.45) is 10.2 Å². The molecule has 0 saturated heterocycles. The minimum atomic E-state index is -0.340. The van der Waals surface area contributed by atoms with Gasteiger partial charge in [-0.1, -0.05) is 26.8 Å². The summed E-state index contributed by atoms with van der Waals surface area (Å²) in [6.07, 6.45) is 1.93. The van der Waals surface area contributed by atoms with Gasteiger partial charge in [0, 0.05) is 11.6 Å². The number of carbonyl (C=O) groups excluding carboxylic acids is 1. The Bertz CT molecular complexity index is 950. The van der Waals surface area contributed by atoms with Crippen LogP contribution in [0, 0.1) is 0 Å². The molecular weight excluding hydrogens is 328 g/mol. The summed E-state index contributed by atoms with van der Waals surface area (Å²) in [7, 11) is 0. The fourth-order valence-electron chi connectivity index (χ4n) is 2.57. The average Bonchev–Trinajstić information content (AvgIpc) is 3.00. The third kappa shape index (κ3) is 3.64. The van der Waals surface area contributed by atoms with Crippen LogP contribution in [-0.2, 0) is 10.2 Å². The lowest BCUT2D eigenvalue weighted by atomic mass is 9.92. The highest BCUT2D eigenvalue weighted by Crippen LogP contribution is 2.33. The van der Waals surface area contributed by atoms with Crippen LogP contribution in [0.3, 0.4) is 0 Å². The van der Waals surface area contributed by atoms with E-state index in [-0.39, 0.29) is 11.4 Å². The van der Waals surface area contributed by atoms with Gasteiger partial charge in [0.1, 0.15) is 5.65 Å². The van der Waals surface area contributed by atoms with Gasteiger partial charge in [0.2, 0.25) is 0 Å². The Hall–Kier alpha value is -3.02. The Labute approximate surface area is 152 Å². The van der Waals surface area contributed by atoms with Crippen LogP contribution in [0.2, 0.25) is 0 Å². The SMILES string of the molecule is CCOC(=O)c1ccc(N=Nc2c(C(C)(C)C)nc3ccccn23)cc1. The second kappa shape index (κ2) is 7.07. The number of benzene rings is 1.